The molecule has 3 fully saturated rings. The van der Waals surface area contributed by atoms with Crippen LogP contribution in [0.1, 0.15) is 38.5 Å². The first kappa shape index (κ1) is 16.0. The third kappa shape index (κ3) is 2.41. The van der Waals surface area contributed by atoms with Crippen molar-refractivity contribution in [3.63, 3.8) is 0 Å². The lowest BCUT2D eigenvalue weighted by atomic mass is 9.63. The third-order valence-corrected chi connectivity index (χ3v) is 6.51. The predicted molar refractivity (Wildman–Crippen MR) is 103 cm³/mol. The average Bonchev–Trinajstić information content (AvgIpc) is 3.35. The van der Waals surface area contributed by atoms with E-state index < -0.39 is 5.60 Å². The number of imidazole rings is 1. The van der Waals surface area contributed by atoms with Gasteiger partial charge in [0, 0.05) is 11.1 Å². The number of benzene rings is 1. The summed E-state index contributed by atoms with van der Waals surface area (Å²) in [6.07, 6.45) is 7.36. The largest absolute Gasteiger partial charge is 0.390 e. The molecule has 0 atom stereocenters. The van der Waals surface area contributed by atoms with Crippen molar-refractivity contribution in [2.75, 3.05) is 5.32 Å². The molecule has 0 spiro atoms. The Kier molecular flexibility index (Phi) is 3.15. The predicted octanol–water partition coefficient (Wildman–Crippen LogP) is 3.18. The van der Waals surface area contributed by atoms with Gasteiger partial charge < -0.3 is 10.4 Å². The number of aliphatic hydroxyl groups is 1. The van der Waals surface area contributed by atoms with Gasteiger partial charge in [-0.3, -0.25) is 0 Å². The number of rotatable bonds is 3. The van der Waals surface area contributed by atoms with E-state index in [1.54, 1.807) is 0 Å². The fourth-order valence-corrected chi connectivity index (χ4v) is 4.70. The van der Waals surface area contributed by atoms with Gasteiger partial charge in [0.2, 0.25) is 0 Å². The molecule has 3 aliphatic carbocycles. The summed E-state index contributed by atoms with van der Waals surface area (Å²) in [7, 11) is 0. The molecule has 0 saturated heterocycles. The lowest BCUT2D eigenvalue weighted by Crippen LogP contribution is -2.53. The van der Waals surface area contributed by atoms with Crippen LogP contribution in [0.3, 0.4) is 0 Å². The van der Waals surface area contributed by atoms with Gasteiger partial charge in [0.15, 0.2) is 5.65 Å². The maximum absolute atomic E-state index is 10.5. The van der Waals surface area contributed by atoms with E-state index in [2.05, 4.69) is 20.6 Å². The molecule has 3 aromatic heterocycles. The van der Waals surface area contributed by atoms with Crippen LogP contribution in [0.15, 0.2) is 41.2 Å². The molecule has 0 aliphatic heterocycles. The summed E-state index contributed by atoms with van der Waals surface area (Å²) in [6, 6.07) is 9.75. The maximum Gasteiger partial charge on any atom is 0.154 e. The van der Waals surface area contributed by atoms with Crippen LogP contribution < -0.4 is 5.32 Å². The van der Waals surface area contributed by atoms with Crippen LogP contribution in [-0.4, -0.2) is 41.2 Å². The van der Waals surface area contributed by atoms with E-state index in [9.17, 15) is 5.11 Å². The van der Waals surface area contributed by atoms with Crippen LogP contribution in [0.2, 0.25) is 0 Å². The molecular weight excluding hydrogens is 356 g/mol. The van der Waals surface area contributed by atoms with Crippen molar-refractivity contribution in [1.82, 2.24) is 24.9 Å². The fourth-order valence-electron chi connectivity index (χ4n) is 4.70. The highest BCUT2D eigenvalue weighted by atomic mass is 16.6. The van der Waals surface area contributed by atoms with E-state index in [1.807, 2.05) is 41.0 Å². The first-order valence-electron chi connectivity index (χ1n) is 9.70. The van der Waals surface area contributed by atoms with Gasteiger partial charge in [-0.15, -0.1) is 5.10 Å². The highest BCUT2D eigenvalue weighted by Crippen LogP contribution is 2.48. The zero-order valence-electron chi connectivity index (χ0n) is 15.3. The molecule has 3 aliphatic rings. The van der Waals surface area contributed by atoms with Crippen molar-refractivity contribution in [3.8, 4) is 11.3 Å². The number of nitrogens with one attached hydrogen (secondary N) is 1. The van der Waals surface area contributed by atoms with Gasteiger partial charge in [-0.25, -0.2) is 14.1 Å². The summed E-state index contributed by atoms with van der Waals surface area (Å²) < 4.78 is 6.65. The molecule has 0 radical (unpaired) electrons. The molecule has 142 valence electrons. The maximum atomic E-state index is 10.5. The number of hydrogen-bond acceptors (Lipinski definition) is 7. The smallest absolute Gasteiger partial charge is 0.154 e. The van der Waals surface area contributed by atoms with E-state index in [0.29, 0.717) is 5.52 Å². The first-order chi connectivity index (χ1) is 13.6. The number of hydrogen-bond donors (Lipinski definition) is 2. The summed E-state index contributed by atoms with van der Waals surface area (Å²) in [6.45, 7) is 0. The third-order valence-electron chi connectivity index (χ3n) is 6.51. The molecule has 3 heterocycles. The van der Waals surface area contributed by atoms with Gasteiger partial charge in [-0.2, -0.15) is 0 Å². The highest BCUT2D eigenvalue weighted by Gasteiger charge is 2.47. The summed E-state index contributed by atoms with van der Waals surface area (Å²) in [5.74, 6) is 0.836. The molecule has 0 amide bonds. The van der Waals surface area contributed by atoms with E-state index in [0.717, 1.165) is 66.8 Å². The van der Waals surface area contributed by atoms with Crippen molar-refractivity contribution in [2.24, 2.45) is 0 Å². The molecule has 3 saturated carbocycles. The van der Waals surface area contributed by atoms with Gasteiger partial charge in [0.25, 0.3) is 0 Å². The van der Waals surface area contributed by atoms with Crippen LogP contribution in [0, 0.1) is 0 Å². The Morgan fingerprint density at radius 2 is 1.75 bits per heavy atom. The van der Waals surface area contributed by atoms with E-state index in [-0.39, 0.29) is 5.54 Å². The zero-order chi connectivity index (χ0) is 18.8. The van der Waals surface area contributed by atoms with Gasteiger partial charge >= 0.3 is 0 Å². The van der Waals surface area contributed by atoms with E-state index in [1.165, 1.54) is 0 Å². The number of nitrogens with zero attached hydrogens (tertiary/aromatic N) is 5. The quantitative estimate of drug-likeness (QED) is 0.566. The SMILES string of the molecule is OC12CCC(Nc3ccc4ncc(-c5ccc6nonc6c5)n4n3)(CC1)CC2. The van der Waals surface area contributed by atoms with Crippen LogP contribution >= 0.6 is 0 Å². The van der Waals surface area contributed by atoms with Crippen molar-refractivity contribution >= 4 is 22.5 Å². The molecule has 2 N–H and O–H groups in total. The van der Waals surface area contributed by atoms with Gasteiger partial charge in [-0.1, -0.05) is 6.07 Å². The van der Waals surface area contributed by atoms with Gasteiger partial charge in [0.1, 0.15) is 16.9 Å². The minimum absolute atomic E-state index is 0.0389. The van der Waals surface area contributed by atoms with E-state index in [4.69, 9.17) is 9.73 Å². The van der Waals surface area contributed by atoms with Crippen molar-refractivity contribution < 1.29 is 9.74 Å². The fraction of sp³-hybridized carbons (Fsp3) is 0.400. The average molecular weight is 376 g/mol. The molecule has 0 unspecified atom stereocenters. The second-order valence-corrected chi connectivity index (χ2v) is 8.23. The molecule has 2 bridgehead atoms. The van der Waals surface area contributed by atoms with Gasteiger partial charge in [0.05, 0.1) is 17.5 Å². The normalized spacial score (nSPS) is 26.9. The topological polar surface area (TPSA) is 101 Å². The zero-order valence-corrected chi connectivity index (χ0v) is 15.3. The monoisotopic (exact) mass is 376 g/mol. The second kappa shape index (κ2) is 5.51. The minimum atomic E-state index is -0.438. The Labute approximate surface area is 160 Å². The summed E-state index contributed by atoms with van der Waals surface area (Å²) in [5, 5.41) is 26.7. The lowest BCUT2D eigenvalue weighted by Gasteiger charge is -2.51. The number of fused-ring (bicyclic) bond motifs is 5. The summed E-state index contributed by atoms with van der Waals surface area (Å²) >= 11 is 0. The molecular formula is C20H20N6O2. The Balaban J connectivity index is 1.37. The minimum Gasteiger partial charge on any atom is -0.390 e. The Morgan fingerprint density at radius 1 is 0.964 bits per heavy atom. The van der Waals surface area contributed by atoms with Crippen LogP contribution in [-0.2, 0) is 0 Å². The molecule has 8 nitrogen and oxygen atoms in total. The van der Waals surface area contributed by atoms with Crippen molar-refractivity contribution in [1.29, 1.82) is 0 Å². The summed E-state index contributed by atoms with van der Waals surface area (Å²) in [4.78, 5) is 4.49. The lowest BCUT2D eigenvalue weighted by molar-refractivity contribution is -0.0580. The molecule has 28 heavy (non-hydrogen) atoms. The van der Waals surface area contributed by atoms with Crippen LogP contribution in [0.25, 0.3) is 27.9 Å². The summed E-state index contributed by atoms with van der Waals surface area (Å²) in [5.41, 5.74) is 3.67. The Morgan fingerprint density at radius 3 is 2.57 bits per heavy atom. The van der Waals surface area contributed by atoms with Crippen molar-refractivity contribution in [2.45, 2.75) is 49.7 Å². The molecule has 7 rings (SSSR count). The van der Waals surface area contributed by atoms with E-state index >= 15 is 0 Å². The highest BCUT2D eigenvalue weighted by molar-refractivity contribution is 5.80. The standard InChI is InChI=1S/C20H20N6O2/c27-20-8-5-19(6-9-20,7-10-20)22-17-3-4-18-21-12-16(26(18)23-17)13-1-2-14-15(11-13)25-28-24-14/h1-4,11-12,27H,5-10H2,(H,22,23). The number of anilines is 1. The number of aromatic nitrogens is 5. The van der Waals surface area contributed by atoms with Crippen LogP contribution in [0.5, 0.6) is 0 Å². The molecule has 8 heteroatoms. The Bertz CT molecular complexity index is 1170. The second-order valence-electron chi connectivity index (χ2n) is 8.23. The Hall–Kier alpha value is -3.00. The first-order valence-corrected chi connectivity index (χ1v) is 9.70. The van der Waals surface area contributed by atoms with Gasteiger partial charge in [-0.05, 0) is 73.1 Å². The van der Waals surface area contributed by atoms with Crippen molar-refractivity contribution in [3.05, 3.63) is 36.5 Å². The van der Waals surface area contributed by atoms with Crippen LogP contribution in [0.4, 0.5) is 5.82 Å². The molecule has 4 aromatic rings. The molecule has 1 aromatic carbocycles.